The molecule has 1 heterocycles. The highest BCUT2D eigenvalue weighted by Gasteiger charge is 2.27. The SMILES string of the molecule is CCCCNC(=O)C1CCN(CC(=O)N(C)C(C)c2ccc(Cl)cc2)CC1. The van der Waals surface area contributed by atoms with Crippen LogP contribution in [0.4, 0.5) is 0 Å². The maximum Gasteiger partial charge on any atom is 0.236 e. The molecule has 1 aromatic carbocycles. The molecule has 1 aromatic rings. The molecule has 150 valence electrons. The molecule has 0 aromatic heterocycles. The predicted octanol–water partition coefficient (Wildman–Crippen LogP) is 3.49. The van der Waals surface area contributed by atoms with Crippen LogP contribution >= 0.6 is 11.6 Å². The fraction of sp³-hybridized carbons (Fsp3) is 0.619. The van der Waals surface area contributed by atoms with Crippen LogP contribution in [-0.4, -0.2) is 54.8 Å². The molecule has 1 fully saturated rings. The third-order valence-electron chi connectivity index (χ3n) is 5.47. The van der Waals surface area contributed by atoms with Gasteiger partial charge >= 0.3 is 0 Å². The largest absolute Gasteiger partial charge is 0.356 e. The molecule has 0 aliphatic carbocycles. The van der Waals surface area contributed by atoms with Crippen molar-refractivity contribution >= 4 is 23.4 Å². The van der Waals surface area contributed by atoms with Gasteiger partial charge in [0.2, 0.25) is 11.8 Å². The van der Waals surface area contributed by atoms with Crippen molar-refractivity contribution in [3.05, 3.63) is 34.9 Å². The van der Waals surface area contributed by atoms with E-state index in [1.54, 1.807) is 4.90 Å². The van der Waals surface area contributed by atoms with Gasteiger partial charge in [-0.05, 0) is 57.0 Å². The van der Waals surface area contributed by atoms with Crippen LogP contribution in [-0.2, 0) is 9.59 Å². The Morgan fingerprint density at radius 2 is 1.89 bits per heavy atom. The Morgan fingerprint density at radius 3 is 2.48 bits per heavy atom. The van der Waals surface area contributed by atoms with Gasteiger partial charge in [0.15, 0.2) is 0 Å². The number of benzene rings is 1. The van der Waals surface area contributed by atoms with Gasteiger partial charge in [-0.1, -0.05) is 37.1 Å². The van der Waals surface area contributed by atoms with Gasteiger partial charge in [0, 0.05) is 24.5 Å². The lowest BCUT2D eigenvalue weighted by atomic mass is 9.96. The molecule has 6 heteroatoms. The van der Waals surface area contributed by atoms with E-state index in [0.717, 1.165) is 50.9 Å². The topological polar surface area (TPSA) is 52.7 Å². The van der Waals surface area contributed by atoms with E-state index in [9.17, 15) is 9.59 Å². The van der Waals surface area contributed by atoms with Gasteiger partial charge in [0.05, 0.1) is 12.6 Å². The summed E-state index contributed by atoms with van der Waals surface area (Å²) in [6.45, 7) is 6.89. The molecule has 0 saturated carbocycles. The molecule has 2 amide bonds. The normalized spacial score (nSPS) is 16.7. The Bertz CT molecular complexity index is 612. The second-order valence-corrected chi connectivity index (χ2v) is 7.86. The first-order chi connectivity index (χ1) is 12.9. The molecule has 1 aliphatic heterocycles. The summed E-state index contributed by atoms with van der Waals surface area (Å²) >= 11 is 5.94. The van der Waals surface area contributed by atoms with Crippen LogP contribution in [0, 0.1) is 5.92 Å². The summed E-state index contributed by atoms with van der Waals surface area (Å²) in [5.74, 6) is 0.352. The van der Waals surface area contributed by atoms with Crippen molar-refractivity contribution in [1.29, 1.82) is 0 Å². The summed E-state index contributed by atoms with van der Waals surface area (Å²) in [6, 6.07) is 7.61. The van der Waals surface area contributed by atoms with Gasteiger partial charge < -0.3 is 10.2 Å². The number of likely N-dealkylation sites (N-methyl/N-ethyl adjacent to an activating group) is 1. The number of amides is 2. The number of nitrogens with one attached hydrogen (secondary N) is 1. The van der Waals surface area contributed by atoms with Crippen molar-refractivity contribution in [2.75, 3.05) is 33.2 Å². The minimum absolute atomic E-state index is 0.00310. The van der Waals surface area contributed by atoms with E-state index in [0.29, 0.717) is 11.6 Å². The zero-order valence-electron chi connectivity index (χ0n) is 16.7. The molecule has 0 spiro atoms. The van der Waals surface area contributed by atoms with E-state index in [4.69, 9.17) is 11.6 Å². The number of halogens is 1. The second kappa shape index (κ2) is 10.7. The summed E-state index contributed by atoms with van der Waals surface area (Å²) in [5.41, 5.74) is 1.07. The minimum Gasteiger partial charge on any atom is -0.356 e. The number of rotatable bonds is 8. The highest BCUT2D eigenvalue weighted by molar-refractivity contribution is 6.30. The molecule has 27 heavy (non-hydrogen) atoms. The lowest BCUT2D eigenvalue weighted by Gasteiger charge is -2.33. The van der Waals surface area contributed by atoms with Crippen molar-refractivity contribution in [2.45, 2.75) is 45.6 Å². The van der Waals surface area contributed by atoms with Crippen molar-refractivity contribution in [1.82, 2.24) is 15.1 Å². The molecule has 1 saturated heterocycles. The Hall–Kier alpha value is -1.59. The quantitative estimate of drug-likeness (QED) is 0.688. The fourth-order valence-corrected chi connectivity index (χ4v) is 3.50. The third-order valence-corrected chi connectivity index (χ3v) is 5.73. The molecule has 1 atom stereocenters. The zero-order chi connectivity index (χ0) is 19.8. The van der Waals surface area contributed by atoms with Crippen molar-refractivity contribution in [3.8, 4) is 0 Å². The molecule has 0 bridgehead atoms. The van der Waals surface area contributed by atoms with Crippen molar-refractivity contribution < 1.29 is 9.59 Å². The molecular formula is C21H32ClN3O2. The Balaban J connectivity index is 1.78. The lowest BCUT2D eigenvalue weighted by molar-refractivity contribution is -0.133. The number of carbonyl (C=O) groups is 2. The monoisotopic (exact) mass is 393 g/mol. The number of nitrogens with zero attached hydrogens (tertiary/aromatic N) is 2. The Labute approximate surface area is 168 Å². The van der Waals surface area contributed by atoms with Crippen LogP contribution in [0.3, 0.4) is 0 Å². The Kier molecular flexibility index (Phi) is 8.58. The molecular weight excluding hydrogens is 362 g/mol. The van der Waals surface area contributed by atoms with E-state index < -0.39 is 0 Å². The molecule has 0 radical (unpaired) electrons. The number of hydrogen-bond donors (Lipinski definition) is 1. The van der Waals surface area contributed by atoms with Crippen molar-refractivity contribution in [2.24, 2.45) is 5.92 Å². The molecule has 5 nitrogen and oxygen atoms in total. The summed E-state index contributed by atoms with van der Waals surface area (Å²) < 4.78 is 0. The van der Waals surface area contributed by atoms with Crippen LogP contribution < -0.4 is 5.32 Å². The van der Waals surface area contributed by atoms with Gasteiger partial charge in [-0.3, -0.25) is 14.5 Å². The summed E-state index contributed by atoms with van der Waals surface area (Å²) in [6.07, 6.45) is 3.75. The van der Waals surface area contributed by atoms with E-state index in [-0.39, 0.29) is 23.8 Å². The minimum atomic E-state index is -0.00310. The average Bonchev–Trinajstić information content (AvgIpc) is 2.68. The third kappa shape index (κ3) is 6.51. The summed E-state index contributed by atoms with van der Waals surface area (Å²) in [7, 11) is 1.84. The van der Waals surface area contributed by atoms with E-state index in [2.05, 4.69) is 17.1 Å². The number of unbranched alkanes of at least 4 members (excludes halogenated alkanes) is 1. The van der Waals surface area contributed by atoms with Gasteiger partial charge in [-0.25, -0.2) is 0 Å². The van der Waals surface area contributed by atoms with E-state index >= 15 is 0 Å². The van der Waals surface area contributed by atoms with Gasteiger partial charge in [0.25, 0.3) is 0 Å². The fourth-order valence-electron chi connectivity index (χ4n) is 3.37. The molecule has 2 rings (SSSR count). The summed E-state index contributed by atoms with van der Waals surface area (Å²) in [5, 5.41) is 3.72. The molecule has 1 aliphatic rings. The van der Waals surface area contributed by atoms with Gasteiger partial charge in [0.1, 0.15) is 0 Å². The lowest BCUT2D eigenvalue weighted by Crippen LogP contribution is -2.45. The van der Waals surface area contributed by atoms with Crippen LogP contribution in [0.1, 0.15) is 51.1 Å². The number of likely N-dealkylation sites (tertiary alicyclic amines) is 1. The average molecular weight is 394 g/mol. The standard InChI is InChI=1S/C21H32ClN3O2/c1-4-5-12-23-21(27)18-10-13-25(14-11-18)15-20(26)24(3)16(2)17-6-8-19(22)9-7-17/h6-9,16,18H,4-5,10-15H2,1-3H3,(H,23,27). The molecule has 1 N–H and O–H groups in total. The van der Waals surface area contributed by atoms with Crippen LogP contribution in [0.25, 0.3) is 0 Å². The number of carbonyl (C=O) groups excluding carboxylic acids is 2. The first-order valence-electron chi connectivity index (χ1n) is 9.93. The molecule has 1 unspecified atom stereocenters. The van der Waals surface area contributed by atoms with Crippen molar-refractivity contribution in [3.63, 3.8) is 0 Å². The van der Waals surface area contributed by atoms with Crippen LogP contribution in [0.15, 0.2) is 24.3 Å². The number of hydrogen-bond acceptors (Lipinski definition) is 3. The first kappa shape index (κ1) is 21.7. The smallest absolute Gasteiger partial charge is 0.236 e. The van der Waals surface area contributed by atoms with Gasteiger partial charge in [-0.15, -0.1) is 0 Å². The maximum absolute atomic E-state index is 12.7. The highest BCUT2D eigenvalue weighted by Crippen LogP contribution is 2.22. The number of piperidine rings is 1. The second-order valence-electron chi connectivity index (χ2n) is 7.43. The van der Waals surface area contributed by atoms with Crippen LogP contribution in [0.2, 0.25) is 5.02 Å². The van der Waals surface area contributed by atoms with Crippen LogP contribution in [0.5, 0.6) is 0 Å². The Morgan fingerprint density at radius 1 is 1.26 bits per heavy atom. The van der Waals surface area contributed by atoms with E-state index in [1.807, 2.05) is 38.2 Å². The first-order valence-corrected chi connectivity index (χ1v) is 10.3. The van der Waals surface area contributed by atoms with E-state index in [1.165, 1.54) is 0 Å². The highest BCUT2D eigenvalue weighted by atomic mass is 35.5. The zero-order valence-corrected chi connectivity index (χ0v) is 17.5. The summed E-state index contributed by atoms with van der Waals surface area (Å²) in [4.78, 5) is 28.8. The van der Waals surface area contributed by atoms with Gasteiger partial charge in [-0.2, -0.15) is 0 Å². The maximum atomic E-state index is 12.7. The predicted molar refractivity (Wildman–Crippen MR) is 110 cm³/mol.